The van der Waals surface area contributed by atoms with Crippen LogP contribution in [0.4, 0.5) is 18.9 Å². The van der Waals surface area contributed by atoms with Gasteiger partial charge in [-0.3, -0.25) is 9.59 Å². The number of nitrogen functional groups attached to an aromatic ring is 1. The largest absolute Gasteiger partial charge is 0.573 e. The molecule has 3 aromatic rings. The molecule has 0 unspecified atom stereocenters. The van der Waals surface area contributed by atoms with E-state index in [2.05, 4.69) is 14.7 Å². The van der Waals surface area contributed by atoms with Crippen molar-refractivity contribution in [2.45, 2.75) is 44.9 Å². The summed E-state index contributed by atoms with van der Waals surface area (Å²) in [6.07, 6.45) is -1.79. The second-order valence-electron chi connectivity index (χ2n) is 8.79. The van der Waals surface area contributed by atoms with Gasteiger partial charge < -0.3 is 25.1 Å². The first-order valence-corrected chi connectivity index (χ1v) is 11.4. The van der Waals surface area contributed by atoms with Gasteiger partial charge in [0.25, 0.3) is 5.91 Å². The predicted octanol–water partition coefficient (Wildman–Crippen LogP) is 4.13. The lowest BCUT2D eigenvalue weighted by atomic mass is 9.89. The quantitative estimate of drug-likeness (QED) is 0.381. The monoisotopic (exact) mass is 505 g/mol. The molecule has 192 valence electrons. The Balaban J connectivity index is 1.44. The first-order valence-electron chi connectivity index (χ1n) is 11.4. The number of hydrogen-bond acceptors (Lipinski definition) is 7. The number of nitrogens with two attached hydrogens (primary N) is 1. The summed E-state index contributed by atoms with van der Waals surface area (Å²) in [6.45, 7) is 4.37. The minimum atomic E-state index is -4.84. The normalized spacial score (nSPS) is 15.6. The summed E-state index contributed by atoms with van der Waals surface area (Å²) in [5.74, 6) is -0.492. The summed E-state index contributed by atoms with van der Waals surface area (Å²) < 4.78 is 46.3. The Kier molecular flexibility index (Phi) is 7.04. The molecule has 9 nitrogen and oxygen atoms in total. The molecule has 1 fully saturated rings. The number of benzene rings is 1. The average Bonchev–Trinajstić information content (AvgIpc) is 3.26. The number of likely N-dealkylation sites (tertiary alicyclic amines) is 1. The average molecular weight is 505 g/mol. The van der Waals surface area contributed by atoms with Gasteiger partial charge in [-0.15, -0.1) is 13.2 Å². The lowest BCUT2D eigenvalue weighted by Crippen LogP contribution is -2.38. The molecule has 0 radical (unpaired) electrons. The molecule has 0 aliphatic carbocycles. The summed E-state index contributed by atoms with van der Waals surface area (Å²) in [4.78, 5) is 38.0. The van der Waals surface area contributed by atoms with Gasteiger partial charge in [0, 0.05) is 43.9 Å². The van der Waals surface area contributed by atoms with Gasteiger partial charge in [0.2, 0.25) is 0 Å². The number of carbonyl (C=O) groups is 2. The molecule has 0 spiro atoms. The van der Waals surface area contributed by atoms with E-state index in [-0.39, 0.29) is 41.6 Å². The number of rotatable bonds is 6. The van der Waals surface area contributed by atoms with Crippen molar-refractivity contribution in [2.75, 3.05) is 25.4 Å². The van der Waals surface area contributed by atoms with Crippen molar-refractivity contribution in [3.8, 4) is 5.75 Å². The molecule has 36 heavy (non-hydrogen) atoms. The third kappa shape index (κ3) is 5.69. The number of nitrogens with zero attached hydrogens (tertiary/aromatic N) is 3. The summed E-state index contributed by atoms with van der Waals surface area (Å²) in [5, 5.41) is 0. The number of esters is 1. The third-order valence-corrected chi connectivity index (χ3v) is 6.15. The lowest BCUT2D eigenvalue weighted by Gasteiger charge is -2.32. The van der Waals surface area contributed by atoms with Gasteiger partial charge in [0.05, 0.1) is 5.56 Å². The number of fused-ring (bicyclic) bond motifs is 1. The maximum Gasteiger partial charge on any atom is 0.573 e. The fraction of sp³-hybridized carbons (Fsp3) is 0.417. The van der Waals surface area contributed by atoms with E-state index in [1.54, 1.807) is 11.1 Å². The molecule has 1 aliphatic heterocycles. The molecule has 12 heteroatoms. The number of nitrogens with one attached hydrogen (secondary N) is 1. The lowest BCUT2D eigenvalue weighted by molar-refractivity contribution is -0.274. The molecule has 1 saturated heterocycles. The fourth-order valence-corrected chi connectivity index (χ4v) is 4.33. The first kappa shape index (κ1) is 25.3. The summed E-state index contributed by atoms with van der Waals surface area (Å²) >= 11 is 0. The fourth-order valence-electron chi connectivity index (χ4n) is 4.33. The highest BCUT2D eigenvalue weighted by atomic mass is 19.4. The second kappa shape index (κ2) is 10.0. The van der Waals surface area contributed by atoms with Gasteiger partial charge in [-0.2, -0.15) is 0 Å². The van der Waals surface area contributed by atoms with E-state index in [1.807, 2.05) is 13.0 Å². The van der Waals surface area contributed by atoms with Gasteiger partial charge >= 0.3 is 12.3 Å². The Morgan fingerprint density at radius 2 is 1.97 bits per heavy atom. The minimum absolute atomic E-state index is 0.0772. The minimum Gasteiger partial charge on any atom is -0.465 e. The summed E-state index contributed by atoms with van der Waals surface area (Å²) in [6, 6.07) is 5.25. The third-order valence-electron chi connectivity index (χ3n) is 6.15. The van der Waals surface area contributed by atoms with Crippen LogP contribution in [-0.4, -0.2) is 57.8 Å². The van der Waals surface area contributed by atoms with Crippen molar-refractivity contribution in [1.82, 2.24) is 19.9 Å². The van der Waals surface area contributed by atoms with Crippen LogP contribution in [0.15, 0.2) is 30.5 Å². The Hall–Kier alpha value is -3.83. The topological polar surface area (TPSA) is 123 Å². The van der Waals surface area contributed by atoms with Crippen LogP contribution >= 0.6 is 0 Å². The number of pyridine rings is 1. The summed E-state index contributed by atoms with van der Waals surface area (Å²) in [5.41, 5.74) is 8.31. The van der Waals surface area contributed by atoms with Gasteiger partial charge in [0.15, 0.2) is 5.65 Å². The van der Waals surface area contributed by atoms with E-state index in [1.165, 1.54) is 13.0 Å². The second-order valence-corrected chi connectivity index (χ2v) is 8.79. The number of hydrogen-bond donors (Lipinski definition) is 2. The highest BCUT2D eigenvalue weighted by Crippen LogP contribution is 2.34. The number of carbonyl (C=O) groups excluding carboxylic acids is 2. The molecule has 3 N–H and O–H groups in total. The molecule has 1 atom stereocenters. The number of H-pyrrole nitrogens is 1. The standard InChI is InChI=1S/C24H26F3N5O4/c1-13(12-35-14(2)33)21-30-20-17(5-8-29-22(20)31-21)15-6-9-32(10-7-15)23(34)18-4-3-16(11-19(18)28)36-24(25,26)27/h3-5,8,11,13,15H,6-7,9-10,12,28H2,1-2H3,(H,29,30,31)/t13-/m1/s1. The van der Waals surface area contributed by atoms with Crippen LogP contribution in [0, 0.1) is 0 Å². The molecule has 1 aliphatic rings. The SMILES string of the molecule is CC(=O)OC[C@@H](C)c1nc2c(C3CCN(C(=O)c4ccc(OC(F)(F)F)cc4N)CC3)ccnc2[nH]1. The number of alkyl halides is 3. The number of aromatic amines is 1. The van der Waals surface area contributed by atoms with Crippen LogP contribution in [0.25, 0.3) is 11.2 Å². The zero-order valence-corrected chi connectivity index (χ0v) is 19.8. The zero-order valence-electron chi connectivity index (χ0n) is 19.8. The number of halogens is 3. The smallest absolute Gasteiger partial charge is 0.465 e. The molecule has 4 rings (SSSR count). The Morgan fingerprint density at radius 3 is 2.61 bits per heavy atom. The van der Waals surface area contributed by atoms with Gasteiger partial charge in [-0.05, 0) is 42.5 Å². The Bertz CT molecular complexity index is 1270. The maximum atomic E-state index is 13.0. The van der Waals surface area contributed by atoms with Gasteiger partial charge in [-0.1, -0.05) is 6.92 Å². The molecule has 2 aromatic heterocycles. The number of piperidine rings is 1. The maximum absolute atomic E-state index is 13.0. The van der Waals surface area contributed by atoms with Crippen LogP contribution in [0.5, 0.6) is 5.75 Å². The van der Waals surface area contributed by atoms with E-state index >= 15 is 0 Å². The molecular formula is C24H26F3N5O4. The zero-order chi connectivity index (χ0) is 26.0. The van der Waals surface area contributed by atoms with Crippen LogP contribution < -0.4 is 10.5 Å². The Labute approximate surface area is 204 Å². The van der Waals surface area contributed by atoms with E-state index in [0.717, 1.165) is 23.2 Å². The van der Waals surface area contributed by atoms with Gasteiger partial charge in [-0.25, -0.2) is 9.97 Å². The number of ether oxygens (including phenoxy) is 2. The predicted molar refractivity (Wildman–Crippen MR) is 124 cm³/mol. The van der Waals surface area contributed by atoms with Crippen molar-refractivity contribution in [1.29, 1.82) is 0 Å². The molecular weight excluding hydrogens is 479 g/mol. The van der Waals surface area contributed by atoms with Crippen LogP contribution in [0.3, 0.4) is 0 Å². The number of anilines is 1. The van der Waals surface area contributed by atoms with Crippen molar-refractivity contribution < 1.29 is 32.2 Å². The number of amides is 1. The van der Waals surface area contributed by atoms with Crippen LogP contribution in [0.2, 0.25) is 0 Å². The number of aromatic nitrogens is 3. The van der Waals surface area contributed by atoms with Crippen molar-refractivity contribution in [3.05, 3.63) is 47.4 Å². The first-order chi connectivity index (χ1) is 17.0. The molecule has 3 heterocycles. The van der Waals surface area contributed by atoms with E-state index in [4.69, 9.17) is 15.5 Å². The molecule has 1 aromatic carbocycles. The molecule has 0 bridgehead atoms. The van der Waals surface area contributed by atoms with Crippen molar-refractivity contribution in [2.24, 2.45) is 0 Å². The van der Waals surface area contributed by atoms with Crippen LogP contribution in [-0.2, 0) is 9.53 Å². The van der Waals surface area contributed by atoms with Crippen molar-refractivity contribution >= 4 is 28.7 Å². The molecule has 0 saturated carbocycles. The van der Waals surface area contributed by atoms with E-state index < -0.39 is 12.1 Å². The van der Waals surface area contributed by atoms with Crippen LogP contribution in [0.1, 0.15) is 60.3 Å². The van der Waals surface area contributed by atoms with E-state index in [0.29, 0.717) is 37.4 Å². The molecule has 1 amide bonds. The highest BCUT2D eigenvalue weighted by Gasteiger charge is 2.32. The Morgan fingerprint density at radius 1 is 1.25 bits per heavy atom. The summed E-state index contributed by atoms with van der Waals surface area (Å²) in [7, 11) is 0. The number of imidazole rings is 1. The van der Waals surface area contributed by atoms with E-state index in [9.17, 15) is 22.8 Å². The van der Waals surface area contributed by atoms with Gasteiger partial charge in [0.1, 0.15) is 23.7 Å². The highest BCUT2D eigenvalue weighted by molar-refractivity contribution is 5.99. The van der Waals surface area contributed by atoms with Crippen molar-refractivity contribution in [3.63, 3.8) is 0 Å².